The first-order valence-electron chi connectivity index (χ1n) is 12.3. The van der Waals surface area contributed by atoms with Crippen molar-refractivity contribution in [3.8, 4) is 16.9 Å². The third-order valence-corrected chi connectivity index (χ3v) is 6.89. The molecule has 198 valence electrons. The van der Waals surface area contributed by atoms with Crippen LogP contribution in [0.3, 0.4) is 0 Å². The molecule has 37 heavy (non-hydrogen) atoms. The normalized spacial score (nSPS) is 17.7. The fourth-order valence-electron chi connectivity index (χ4n) is 4.79. The Kier molecular flexibility index (Phi) is 7.72. The number of allylic oxidation sites excluding steroid dienone is 1. The van der Waals surface area contributed by atoms with Gasteiger partial charge in [0.2, 0.25) is 5.91 Å². The van der Waals surface area contributed by atoms with E-state index in [1.165, 1.54) is 6.08 Å². The molecule has 0 bridgehead atoms. The van der Waals surface area contributed by atoms with Gasteiger partial charge in [-0.2, -0.15) is 5.10 Å². The summed E-state index contributed by atoms with van der Waals surface area (Å²) >= 11 is 0. The van der Waals surface area contributed by atoms with E-state index in [4.69, 9.17) is 26.7 Å². The number of carbonyl (C=O) groups is 2. The number of hydrogen-bond acceptors (Lipinski definition) is 8. The first kappa shape index (κ1) is 26.1. The number of benzene rings is 1. The van der Waals surface area contributed by atoms with Gasteiger partial charge in [-0.25, -0.2) is 0 Å². The van der Waals surface area contributed by atoms with Gasteiger partial charge in [-0.15, -0.1) is 0 Å². The lowest BCUT2D eigenvalue weighted by atomic mass is 9.99. The summed E-state index contributed by atoms with van der Waals surface area (Å²) in [4.78, 5) is 24.0. The fourth-order valence-corrected chi connectivity index (χ4v) is 4.79. The number of methoxy groups -OCH3 is 2. The predicted octanol–water partition coefficient (Wildman–Crippen LogP) is 1.87. The number of nitrogens with one attached hydrogen (secondary N) is 2. The first-order chi connectivity index (χ1) is 17.8. The number of amides is 2. The van der Waals surface area contributed by atoms with Crippen LogP contribution >= 0.6 is 0 Å². The van der Waals surface area contributed by atoms with Crippen molar-refractivity contribution in [3.63, 3.8) is 0 Å². The van der Waals surface area contributed by atoms with Gasteiger partial charge in [0.25, 0.3) is 5.91 Å². The summed E-state index contributed by atoms with van der Waals surface area (Å²) in [5, 5.41) is 10.4. The minimum Gasteiger partial charge on any atom is -0.494 e. The molecular formula is C26H35N7O4. The van der Waals surface area contributed by atoms with E-state index in [2.05, 4.69) is 15.7 Å². The minimum atomic E-state index is -0.837. The summed E-state index contributed by atoms with van der Waals surface area (Å²) in [6, 6.07) is 5.54. The highest BCUT2D eigenvalue weighted by Crippen LogP contribution is 2.40. The number of nitrogens with zero attached hydrogens (tertiary/aromatic N) is 2. The van der Waals surface area contributed by atoms with Crippen LogP contribution < -0.4 is 32.6 Å². The fraction of sp³-hybridized carbons (Fsp3) is 0.423. The van der Waals surface area contributed by atoms with Crippen LogP contribution in [0.5, 0.6) is 5.75 Å². The van der Waals surface area contributed by atoms with E-state index in [0.717, 1.165) is 49.7 Å². The third kappa shape index (κ3) is 5.72. The number of para-hydroxylation sites is 1. The maximum atomic E-state index is 12.1. The van der Waals surface area contributed by atoms with E-state index in [-0.39, 0.29) is 34.6 Å². The Morgan fingerprint density at radius 2 is 1.92 bits per heavy atom. The summed E-state index contributed by atoms with van der Waals surface area (Å²) in [5.74, 6) is -0.490. The largest absolute Gasteiger partial charge is 0.494 e. The van der Waals surface area contributed by atoms with Gasteiger partial charge in [0.15, 0.2) is 0 Å². The molecule has 0 atom stereocenters. The van der Waals surface area contributed by atoms with Crippen molar-refractivity contribution in [2.75, 3.05) is 26.1 Å². The van der Waals surface area contributed by atoms with Crippen molar-refractivity contribution in [1.82, 2.24) is 15.1 Å². The topological polar surface area (TPSA) is 173 Å². The molecule has 2 aliphatic rings. The second-order valence-electron chi connectivity index (χ2n) is 9.60. The number of primary amides is 1. The number of hydrogen-bond donors (Lipinski definition) is 5. The van der Waals surface area contributed by atoms with E-state index < -0.39 is 5.91 Å². The van der Waals surface area contributed by atoms with E-state index in [9.17, 15) is 9.59 Å². The Morgan fingerprint density at radius 3 is 2.54 bits per heavy atom. The second kappa shape index (κ2) is 11.0. The summed E-state index contributed by atoms with van der Waals surface area (Å²) < 4.78 is 13.3. The van der Waals surface area contributed by atoms with Crippen molar-refractivity contribution in [2.45, 2.75) is 44.1 Å². The predicted molar refractivity (Wildman–Crippen MR) is 140 cm³/mol. The summed E-state index contributed by atoms with van der Waals surface area (Å²) in [6.07, 6.45) is 11.1. The van der Waals surface area contributed by atoms with Crippen molar-refractivity contribution in [3.05, 3.63) is 53.9 Å². The minimum absolute atomic E-state index is 0.0363. The molecular weight excluding hydrogens is 474 g/mol. The molecule has 0 saturated heterocycles. The SMILES string of the molecule is COCC1(n2cc(-c3cccc(NC(/C=C(\N)NC(=O)C4CC4)=C(/N)C(N)=O)c3OC)cn2)CCCC1. The summed E-state index contributed by atoms with van der Waals surface area (Å²) in [5.41, 5.74) is 19.4. The summed E-state index contributed by atoms with van der Waals surface area (Å²) in [6.45, 7) is 0.596. The van der Waals surface area contributed by atoms with E-state index >= 15 is 0 Å². The Labute approximate surface area is 216 Å². The van der Waals surface area contributed by atoms with Gasteiger partial charge in [0.05, 0.1) is 36.8 Å². The van der Waals surface area contributed by atoms with Gasteiger partial charge >= 0.3 is 0 Å². The lowest BCUT2D eigenvalue weighted by Crippen LogP contribution is -2.35. The molecule has 2 saturated carbocycles. The van der Waals surface area contributed by atoms with Crippen LogP contribution in [0.2, 0.25) is 0 Å². The number of nitrogens with two attached hydrogens (primary N) is 3. The molecule has 11 nitrogen and oxygen atoms in total. The van der Waals surface area contributed by atoms with Crippen LogP contribution in [0.4, 0.5) is 5.69 Å². The molecule has 2 amide bonds. The average Bonchev–Trinajstić information content (AvgIpc) is 3.41. The van der Waals surface area contributed by atoms with Crippen LogP contribution in [-0.2, 0) is 19.9 Å². The second-order valence-corrected chi connectivity index (χ2v) is 9.60. The Morgan fingerprint density at radius 1 is 1.19 bits per heavy atom. The highest BCUT2D eigenvalue weighted by Gasteiger charge is 2.37. The Hall–Kier alpha value is -3.99. The van der Waals surface area contributed by atoms with Crippen LogP contribution in [-0.4, -0.2) is 42.4 Å². The van der Waals surface area contributed by atoms with Crippen LogP contribution in [0.25, 0.3) is 11.1 Å². The monoisotopic (exact) mass is 509 g/mol. The summed E-state index contributed by atoms with van der Waals surface area (Å²) in [7, 11) is 3.27. The van der Waals surface area contributed by atoms with Gasteiger partial charge in [0.1, 0.15) is 17.3 Å². The lowest BCUT2D eigenvalue weighted by Gasteiger charge is -2.28. The van der Waals surface area contributed by atoms with Crippen molar-refractivity contribution < 1.29 is 19.1 Å². The number of anilines is 1. The number of ether oxygens (including phenoxy) is 2. The highest BCUT2D eigenvalue weighted by atomic mass is 16.5. The molecule has 0 unspecified atom stereocenters. The van der Waals surface area contributed by atoms with E-state index in [1.54, 1.807) is 26.5 Å². The first-order valence-corrected chi connectivity index (χ1v) is 12.3. The van der Waals surface area contributed by atoms with Gasteiger partial charge in [-0.05, 0) is 31.7 Å². The molecule has 2 aliphatic carbocycles. The lowest BCUT2D eigenvalue weighted by molar-refractivity contribution is -0.121. The standard InChI is InChI=1S/C26H35N7O4/c1-36-15-26(10-3-4-11-26)33-14-17(13-30-33)18-6-5-7-19(23(18)37-2)31-20(22(28)24(29)34)12-21(27)32-25(35)16-8-9-16/h5-7,12-14,16,31H,3-4,8-11,15,27-28H2,1-2H3,(H2,29,34)(H,32,35)/b21-12+,22-20+. The molecule has 1 heterocycles. The van der Waals surface area contributed by atoms with Crippen molar-refractivity contribution >= 4 is 17.5 Å². The molecule has 4 rings (SSSR count). The van der Waals surface area contributed by atoms with Gasteiger partial charge in [-0.1, -0.05) is 25.0 Å². The molecule has 2 fully saturated rings. The van der Waals surface area contributed by atoms with Crippen molar-refractivity contribution in [1.29, 1.82) is 0 Å². The van der Waals surface area contributed by atoms with Gasteiger partial charge < -0.3 is 37.3 Å². The molecule has 11 heteroatoms. The molecule has 0 radical (unpaired) electrons. The Bertz CT molecular complexity index is 1220. The zero-order valence-corrected chi connectivity index (χ0v) is 21.3. The van der Waals surface area contributed by atoms with Crippen LogP contribution in [0.1, 0.15) is 38.5 Å². The number of carbonyl (C=O) groups excluding carboxylic acids is 2. The molecule has 8 N–H and O–H groups in total. The molecule has 0 aliphatic heterocycles. The maximum absolute atomic E-state index is 12.1. The molecule has 1 aromatic heterocycles. The maximum Gasteiger partial charge on any atom is 0.266 e. The zero-order chi connectivity index (χ0) is 26.6. The molecule has 0 spiro atoms. The smallest absolute Gasteiger partial charge is 0.266 e. The average molecular weight is 510 g/mol. The van der Waals surface area contributed by atoms with Crippen molar-refractivity contribution in [2.24, 2.45) is 23.1 Å². The van der Waals surface area contributed by atoms with Crippen LogP contribution in [0, 0.1) is 5.92 Å². The zero-order valence-electron chi connectivity index (χ0n) is 21.3. The number of rotatable bonds is 11. The van der Waals surface area contributed by atoms with Gasteiger partial charge in [0, 0.05) is 36.4 Å². The molecule has 2 aromatic rings. The molecule has 1 aromatic carbocycles. The highest BCUT2D eigenvalue weighted by molar-refractivity contribution is 5.93. The Balaban J connectivity index is 1.66. The quantitative estimate of drug-likeness (QED) is 0.225. The number of aromatic nitrogens is 2. The van der Waals surface area contributed by atoms with Gasteiger partial charge in [-0.3, -0.25) is 14.3 Å². The third-order valence-electron chi connectivity index (χ3n) is 6.89. The van der Waals surface area contributed by atoms with Crippen LogP contribution in [0.15, 0.2) is 53.9 Å². The van der Waals surface area contributed by atoms with E-state index in [0.29, 0.717) is 18.0 Å². The van der Waals surface area contributed by atoms with E-state index in [1.807, 2.05) is 23.0 Å².